The van der Waals surface area contributed by atoms with Gasteiger partial charge in [-0.25, -0.2) is 4.39 Å². The molecule has 38 heavy (non-hydrogen) atoms. The number of aromatic nitrogens is 1. The van der Waals surface area contributed by atoms with Crippen molar-refractivity contribution >= 4 is 40.7 Å². The molecule has 1 aliphatic carbocycles. The fraction of sp³-hybridized carbons (Fsp3) is 0.200. The minimum atomic E-state index is -4.70. The SMILES string of the molecule is O=C(NCC(F)(F)F)C1[C@@H](C(=O)Nc2ccc(-n3ccccc3=O)cc2F)[C@H]1C(=O)Nc1ccc(Cl)cc1. The second-order valence-electron chi connectivity index (χ2n) is 8.47. The van der Waals surface area contributed by atoms with Crippen molar-refractivity contribution in [2.45, 2.75) is 6.18 Å². The zero-order valence-electron chi connectivity index (χ0n) is 19.3. The second-order valence-corrected chi connectivity index (χ2v) is 8.91. The lowest BCUT2D eigenvalue weighted by molar-refractivity contribution is -0.139. The summed E-state index contributed by atoms with van der Waals surface area (Å²) in [6.45, 7) is -1.64. The zero-order valence-corrected chi connectivity index (χ0v) is 20.0. The Morgan fingerprint density at radius 1 is 0.868 bits per heavy atom. The van der Waals surface area contributed by atoms with Gasteiger partial charge in [0.05, 0.1) is 29.1 Å². The summed E-state index contributed by atoms with van der Waals surface area (Å²) in [6.07, 6.45) is -3.28. The lowest BCUT2D eigenvalue weighted by atomic mass is 10.2. The summed E-state index contributed by atoms with van der Waals surface area (Å²) in [5.74, 6) is -7.83. The Hall–Kier alpha value is -4.19. The highest BCUT2D eigenvalue weighted by molar-refractivity contribution is 6.30. The van der Waals surface area contributed by atoms with Crippen LogP contribution in [0.3, 0.4) is 0 Å². The van der Waals surface area contributed by atoms with Crippen molar-refractivity contribution in [2.75, 3.05) is 17.2 Å². The quantitative estimate of drug-likeness (QED) is 0.389. The molecule has 3 amide bonds. The summed E-state index contributed by atoms with van der Waals surface area (Å²) < 4.78 is 53.7. The van der Waals surface area contributed by atoms with E-state index in [0.29, 0.717) is 5.02 Å². The summed E-state index contributed by atoms with van der Waals surface area (Å²) >= 11 is 5.81. The fourth-order valence-electron chi connectivity index (χ4n) is 3.97. The average Bonchev–Trinajstić information content (AvgIpc) is 3.61. The van der Waals surface area contributed by atoms with Gasteiger partial charge in [-0.15, -0.1) is 0 Å². The van der Waals surface area contributed by atoms with Gasteiger partial charge in [0.2, 0.25) is 17.7 Å². The molecule has 8 nitrogen and oxygen atoms in total. The van der Waals surface area contributed by atoms with Gasteiger partial charge in [-0.05, 0) is 42.5 Å². The molecule has 13 heteroatoms. The van der Waals surface area contributed by atoms with Crippen molar-refractivity contribution in [2.24, 2.45) is 17.8 Å². The van der Waals surface area contributed by atoms with Gasteiger partial charge in [0.15, 0.2) is 0 Å². The highest BCUT2D eigenvalue weighted by Gasteiger charge is 2.63. The highest BCUT2D eigenvalue weighted by Crippen LogP contribution is 2.48. The van der Waals surface area contributed by atoms with E-state index in [9.17, 15) is 36.7 Å². The molecule has 1 fully saturated rings. The summed E-state index contributed by atoms with van der Waals surface area (Å²) in [7, 11) is 0. The van der Waals surface area contributed by atoms with Crippen LogP contribution in [0.1, 0.15) is 0 Å². The van der Waals surface area contributed by atoms with Crippen molar-refractivity contribution in [1.29, 1.82) is 0 Å². The van der Waals surface area contributed by atoms with Gasteiger partial charge in [-0.2, -0.15) is 13.2 Å². The van der Waals surface area contributed by atoms with E-state index in [1.807, 2.05) is 0 Å². The molecule has 2 aromatic carbocycles. The smallest absolute Gasteiger partial charge is 0.347 e. The predicted octanol–water partition coefficient (Wildman–Crippen LogP) is 3.75. The summed E-state index contributed by atoms with van der Waals surface area (Å²) in [6, 6.07) is 13.8. The topological polar surface area (TPSA) is 109 Å². The molecular formula is C25H19ClF4N4O4. The van der Waals surface area contributed by atoms with Crippen LogP contribution in [0.4, 0.5) is 28.9 Å². The van der Waals surface area contributed by atoms with Crippen molar-refractivity contribution in [3.05, 3.63) is 88.1 Å². The minimum absolute atomic E-state index is 0.183. The van der Waals surface area contributed by atoms with Crippen LogP contribution in [-0.2, 0) is 14.4 Å². The molecule has 1 heterocycles. The fourth-order valence-corrected chi connectivity index (χ4v) is 4.09. The second kappa shape index (κ2) is 10.7. The normalized spacial score (nSPS) is 18.4. The monoisotopic (exact) mass is 550 g/mol. The number of benzene rings is 2. The van der Waals surface area contributed by atoms with E-state index in [2.05, 4.69) is 10.6 Å². The van der Waals surface area contributed by atoms with Crippen LogP contribution in [0.5, 0.6) is 0 Å². The summed E-state index contributed by atoms with van der Waals surface area (Å²) in [4.78, 5) is 50.2. The van der Waals surface area contributed by atoms with E-state index < -0.39 is 59.6 Å². The Labute approximate surface area is 217 Å². The van der Waals surface area contributed by atoms with Crippen molar-refractivity contribution in [3.8, 4) is 5.69 Å². The molecule has 198 valence electrons. The molecule has 1 aliphatic rings. The molecule has 3 aromatic rings. The average molecular weight is 551 g/mol. The van der Waals surface area contributed by atoms with Gasteiger partial charge in [-0.3, -0.25) is 23.7 Å². The van der Waals surface area contributed by atoms with Crippen LogP contribution >= 0.6 is 11.6 Å². The van der Waals surface area contributed by atoms with Crippen molar-refractivity contribution in [1.82, 2.24) is 9.88 Å². The van der Waals surface area contributed by atoms with Crippen LogP contribution in [-0.4, -0.2) is 35.0 Å². The van der Waals surface area contributed by atoms with Gasteiger partial charge in [-0.1, -0.05) is 17.7 Å². The van der Waals surface area contributed by atoms with E-state index in [4.69, 9.17) is 11.6 Å². The minimum Gasteiger partial charge on any atom is -0.347 e. The van der Waals surface area contributed by atoms with Crippen LogP contribution in [0.25, 0.3) is 5.69 Å². The number of carbonyl (C=O) groups is 3. The van der Waals surface area contributed by atoms with E-state index in [1.54, 1.807) is 11.4 Å². The first-order chi connectivity index (χ1) is 17.9. The summed E-state index contributed by atoms with van der Waals surface area (Å²) in [5.41, 5.74) is -0.246. The molecule has 3 N–H and O–H groups in total. The molecule has 0 spiro atoms. The maximum Gasteiger partial charge on any atom is 0.405 e. The van der Waals surface area contributed by atoms with Crippen LogP contribution in [0.2, 0.25) is 5.02 Å². The largest absolute Gasteiger partial charge is 0.405 e. The number of halogens is 5. The lowest BCUT2D eigenvalue weighted by Gasteiger charge is -2.10. The van der Waals surface area contributed by atoms with Gasteiger partial charge < -0.3 is 16.0 Å². The molecular weight excluding hydrogens is 532 g/mol. The Morgan fingerprint density at radius 2 is 1.50 bits per heavy atom. The zero-order chi connectivity index (χ0) is 27.6. The van der Waals surface area contributed by atoms with Gasteiger partial charge in [0.1, 0.15) is 12.4 Å². The van der Waals surface area contributed by atoms with E-state index in [0.717, 1.165) is 6.07 Å². The maximum atomic E-state index is 14.8. The molecule has 0 aliphatic heterocycles. The first-order valence-electron chi connectivity index (χ1n) is 11.1. The Kier molecular flexibility index (Phi) is 7.53. The number of nitrogens with zero attached hydrogens (tertiary/aromatic N) is 1. The van der Waals surface area contributed by atoms with Crippen LogP contribution < -0.4 is 21.5 Å². The van der Waals surface area contributed by atoms with E-state index in [1.165, 1.54) is 59.3 Å². The van der Waals surface area contributed by atoms with Crippen LogP contribution in [0, 0.1) is 23.6 Å². The third-order valence-corrected chi connectivity index (χ3v) is 6.07. The Bertz CT molecular complexity index is 1440. The number of rotatable bonds is 7. The number of hydrogen-bond acceptors (Lipinski definition) is 4. The number of amides is 3. The number of nitrogens with one attached hydrogen (secondary N) is 3. The number of hydrogen-bond donors (Lipinski definition) is 3. The number of anilines is 2. The van der Waals surface area contributed by atoms with Gasteiger partial charge in [0.25, 0.3) is 5.56 Å². The third-order valence-electron chi connectivity index (χ3n) is 5.81. The van der Waals surface area contributed by atoms with Gasteiger partial charge in [0, 0.05) is 29.0 Å². The van der Waals surface area contributed by atoms with E-state index >= 15 is 0 Å². The molecule has 1 unspecified atom stereocenters. The molecule has 3 atom stereocenters. The maximum absolute atomic E-state index is 14.8. The highest BCUT2D eigenvalue weighted by atomic mass is 35.5. The first kappa shape index (κ1) is 26.9. The standard InChI is InChI=1S/C25H19ClF4N4O4/c26-13-4-6-14(7-5-13)32-23(37)20-19(22(36)31-12-25(28,29)30)21(20)24(38)33-17-9-8-15(11-16(17)27)34-10-2-1-3-18(34)35/h1-11,19-21H,12H2,(H,31,36)(H,32,37)(H,33,38)/t19?,20-,21+/m0/s1. The van der Waals surface area contributed by atoms with Gasteiger partial charge >= 0.3 is 6.18 Å². The number of carbonyl (C=O) groups excluding carboxylic acids is 3. The summed E-state index contributed by atoms with van der Waals surface area (Å²) in [5, 5.41) is 6.84. The van der Waals surface area contributed by atoms with Crippen LogP contribution in [0.15, 0.2) is 71.7 Å². The molecule has 1 aromatic heterocycles. The molecule has 0 bridgehead atoms. The number of pyridine rings is 1. The van der Waals surface area contributed by atoms with Crippen molar-refractivity contribution < 1.29 is 31.9 Å². The van der Waals surface area contributed by atoms with Crippen molar-refractivity contribution in [3.63, 3.8) is 0 Å². The lowest BCUT2D eigenvalue weighted by Crippen LogP contribution is -2.36. The molecule has 1 saturated carbocycles. The first-order valence-corrected chi connectivity index (χ1v) is 11.5. The third kappa shape index (κ3) is 6.20. The number of alkyl halides is 3. The molecule has 0 radical (unpaired) electrons. The van der Waals surface area contributed by atoms with E-state index in [-0.39, 0.29) is 17.1 Å². The Morgan fingerprint density at radius 3 is 2.11 bits per heavy atom. The predicted molar refractivity (Wildman–Crippen MR) is 130 cm³/mol. The molecule has 0 saturated heterocycles. The molecule has 4 rings (SSSR count). The Balaban J connectivity index is 1.52.